The number of rotatable bonds is 5. The number of hydrogen-bond donors (Lipinski definition) is 0. The summed E-state index contributed by atoms with van der Waals surface area (Å²) < 4.78 is 6.43. The molecule has 2 heterocycles. The molecule has 0 atom stereocenters. The molecule has 0 fully saturated rings. The molecule has 4 heteroatoms. The number of aromatic nitrogens is 1. The van der Waals surface area contributed by atoms with E-state index in [9.17, 15) is 0 Å². The molecule has 2 aromatic heterocycles. The Bertz CT molecular complexity index is 521. The molecule has 0 spiro atoms. The Morgan fingerprint density at radius 3 is 2.83 bits per heavy atom. The molecule has 0 aromatic carbocycles. The molecular formula is C14H20N2OS. The van der Waals surface area contributed by atoms with Crippen LogP contribution in [0.4, 0.5) is 0 Å². The van der Waals surface area contributed by atoms with Crippen LogP contribution < -0.4 is 4.74 Å². The minimum Gasteiger partial charge on any atom is -0.481 e. The summed E-state index contributed by atoms with van der Waals surface area (Å²) in [6.45, 7) is 5.49. The first-order valence-corrected chi connectivity index (χ1v) is 7.11. The van der Waals surface area contributed by atoms with E-state index in [1.807, 2.05) is 6.07 Å². The van der Waals surface area contributed by atoms with Gasteiger partial charge < -0.3 is 9.64 Å². The molecule has 18 heavy (non-hydrogen) atoms. The predicted molar refractivity (Wildman–Crippen MR) is 77.6 cm³/mol. The van der Waals surface area contributed by atoms with Gasteiger partial charge in [-0.05, 0) is 44.3 Å². The first kappa shape index (κ1) is 13.3. The smallest absolute Gasteiger partial charge is 0.213 e. The van der Waals surface area contributed by atoms with Crippen molar-refractivity contribution in [2.75, 3.05) is 20.7 Å². The second-order valence-corrected chi connectivity index (χ2v) is 5.70. The highest BCUT2D eigenvalue weighted by Gasteiger charge is 2.09. The maximum Gasteiger partial charge on any atom is 0.213 e. The molecule has 0 amide bonds. The van der Waals surface area contributed by atoms with Crippen molar-refractivity contribution >= 4 is 21.6 Å². The van der Waals surface area contributed by atoms with Crippen molar-refractivity contribution in [2.24, 2.45) is 0 Å². The standard InChI is InChI=1S/C14H20N2OS/c1-10(2)16(3)8-7-11-9-18-12-5-6-13(17-4)15-14(11)12/h5-6,9-10H,7-8H2,1-4H3. The average molecular weight is 264 g/mol. The Kier molecular flexibility index (Phi) is 4.19. The lowest BCUT2D eigenvalue weighted by molar-refractivity contribution is 0.278. The van der Waals surface area contributed by atoms with Gasteiger partial charge in [0.1, 0.15) is 0 Å². The summed E-state index contributed by atoms with van der Waals surface area (Å²) >= 11 is 1.76. The minimum absolute atomic E-state index is 0.581. The van der Waals surface area contributed by atoms with Crippen LogP contribution in [0, 0.1) is 0 Å². The van der Waals surface area contributed by atoms with Crippen LogP contribution in [0.25, 0.3) is 10.2 Å². The van der Waals surface area contributed by atoms with Crippen molar-refractivity contribution in [1.82, 2.24) is 9.88 Å². The first-order valence-electron chi connectivity index (χ1n) is 6.23. The van der Waals surface area contributed by atoms with Crippen LogP contribution in [0.5, 0.6) is 5.88 Å². The monoisotopic (exact) mass is 264 g/mol. The van der Waals surface area contributed by atoms with E-state index < -0.39 is 0 Å². The minimum atomic E-state index is 0.581. The summed E-state index contributed by atoms with van der Waals surface area (Å²) in [6, 6.07) is 4.59. The van der Waals surface area contributed by atoms with E-state index in [1.165, 1.54) is 10.3 Å². The second-order valence-electron chi connectivity index (χ2n) is 4.79. The third kappa shape index (κ3) is 2.82. The largest absolute Gasteiger partial charge is 0.481 e. The normalized spacial score (nSPS) is 11.7. The number of likely N-dealkylation sites (N-methyl/N-ethyl adjacent to an activating group) is 1. The molecule has 2 aromatic rings. The van der Waals surface area contributed by atoms with Gasteiger partial charge in [0.15, 0.2) is 0 Å². The van der Waals surface area contributed by atoms with E-state index in [1.54, 1.807) is 18.4 Å². The maximum atomic E-state index is 5.19. The SMILES string of the molecule is COc1ccc2scc(CCN(C)C(C)C)c2n1. The highest BCUT2D eigenvalue weighted by atomic mass is 32.1. The van der Waals surface area contributed by atoms with Crippen molar-refractivity contribution < 1.29 is 4.74 Å². The fourth-order valence-corrected chi connectivity index (χ4v) is 2.72. The Balaban J connectivity index is 2.18. The van der Waals surface area contributed by atoms with Crippen molar-refractivity contribution in [1.29, 1.82) is 0 Å². The van der Waals surface area contributed by atoms with Crippen LogP contribution in [-0.4, -0.2) is 36.6 Å². The zero-order valence-electron chi connectivity index (χ0n) is 11.4. The predicted octanol–water partition coefficient (Wildman–Crippen LogP) is 3.19. The molecule has 0 aliphatic carbocycles. The number of nitrogens with zero attached hydrogens (tertiary/aromatic N) is 2. The summed E-state index contributed by atoms with van der Waals surface area (Å²) in [4.78, 5) is 6.90. The summed E-state index contributed by atoms with van der Waals surface area (Å²) in [5.41, 5.74) is 2.41. The molecule has 98 valence electrons. The highest BCUT2D eigenvalue weighted by molar-refractivity contribution is 7.17. The van der Waals surface area contributed by atoms with Crippen LogP contribution in [0.3, 0.4) is 0 Å². The summed E-state index contributed by atoms with van der Waals surface area (Å²) in [5.74, 6) is 0.694. The van der Waals surface area contributed by atoms with Gasteiger partial charge in [-0.2, -0.15) is 0 Å². The van der Waals surface area contributed by atoms with E-state index in [0.29, 0.717) is 11.9 Å². The average Bonchev–Trinajstić information content (AvgIpc) is 2.77. The Hall–Kier alpha value is -1.13. The van der Waals surface area contributed by atoms with Crippen LogP contribution >= 0.6 is 11.3 Å². The topological polar surface area (TPSA) is 25.4 Å². The Morgan fingerprint density at radius 1 is 1.39 bits per heavy atom. The number of hydrogen-bond acceptors (Lipinski definition) is 4. The van der Waals surface area contributed by atoms with Gasteiger partial charge in [-0.15, -0.1) is 11.3 Å². The van der Waals surface area contributed by atoms with Gasteiger partial charge >= 0.3 is 0 Å². The number of methoxy groups -OCH3 is 1. The van der Waals surface area contributed by atoms with Crippen molar-refractivity contribution in [3.63, 3.8) is 0 Å². The molecule has 0 unspecified atom stereocenters. The third-order valence-electron chi connectivity index (χ3n) is 3.29. The van der Waals surface area contributed by atoms with Gasteiger partial charge in [0.05, 0.1) is 17.3 Å². The Labute approximate surface area is 112 Å². The number of thiophene rings is 1. The highest BCUT2D eigenvalue weighted by Crippen LogP contribution is 2.26. The van der Waals surface area contributed by atoms with E-state index in [0.717, 1.165) is 18.5 Å². The molecule has 0 radical (unpaired) electrons. The lowest BCUT2D eigenvalue weighted by Crippen LogP contribution is -2.28. The Morgan fingerprint density at radius 2 is 2.17 bits per heavy atom. The fourth-order valence-electron chi connectivity index (χ4n) is 1.79. The number of ether oxygens (including phenoxy) is 1. The second kappa shape index (κ2) is 5.67. The molecular weight excluding hydrogens is 244 g/mol. The van der Waals surface area contributed by atoms with Gasteiger partial charge in [0.2, 0.25) is 5.88 Å². The van der Waals surface area contributed by atoms with Gasteiger partial charge in [-0.1, -0.05) is 0 Å². The van der Waals surface area contributed by atoms with Crippen LogP contribution in [0.1, 0.15) is 19.4 Å². The molecule has 0 N–H and O–H groups in total. The molecule has 3 nitrogen and oxygen atoms in total. The maximum absolute atomic E-state index is 5.19. The van der Waals surface area contributed by atoms with Gasteiger partial charge in [-0.25, -0.2) is 4.98 Å². The molecule has 0 aliphatic rings. The quantitative estimate of drug-likeness (QED) is 0.829. The van der Waals surface area contributed by atoms with E-state index in [-0.39, 0.29) is 0 Å². The lowest BCUT2D eigenvalue weighted by atomic mass is 10.2. The van der Waals surface area contributed by atoms with Gasteiger partial charge in [-0.3, -0.25) is 0 Å². The van der Waals surface area contributed by atoms with E-state index in [4.69, 9.17) is 4.74 Å². The van der Waals surface area contributed by atoms with Crippen molar-refractivity contribution in [3.05, 3.63) is 23.1 Å². The van der Waals surface area contributed by atoms with Crippen molar-refractivity contribution in [2.45, 2.75) is 26.3 Å². The molecule has 0 saturated carbocycles. The third-order valence-corrected chi connectivity index (χ3v) is 4.28. The van der Waals surface area contributed by atoms with Crippen molar-refractivity contribution in [3.8, 4) is 5.88 Å². The first-order chi connectivity index (χ1) is 8.61. The summed E-state index contributed by atoms with van der Waals surface area (Å²) in [6.07, 6.45) is 1.04. The zero-order chi connectivity index (χ0) is 13.1. The zero-order valence-corrected chi connectivity index (χ0v) is 12.3. The number of fused-ring (bicyclic) bond motifs is 1. The number of pyridine rings is 1. The van der Waals surface area contributed by atoms with E-state index in [2.05, 4.69) is 42.2 Å². The lowest BCUT2D eigenvalue weighted by Gasteiger charge is -2.20. The summed E-state index contributed by atoms with van der Waals surface area (Å²) in [7, 11) is 3.82. The molecule has 2 rings (SSSR count). The van der Waals surface area contributed by atoms with Gasteiger partial charge in [0.25, 0.3) is 0 Å². The van der Waals surface area contributed by atoms with Crippen LogP contribution in [-0.2, 0) is 6.42 Å². The molecule has 0 saturated heterocycles. The molecule has 0 aliphatic heterocycles. The summed E-state index contributed by atoms with van der Waals surface area (Å²) in [5, 5.41) is 2.21. The fraction of sp³-hybridized carbons (Fsp3) is 0.500. The van der Waals surface area contributed by atoms with Gasteiger partial charge in [0, 0.05) is 18.7 Å². The van der Waals surface area contributed by atoms with E-state index >= 15 is 0 Å². The van der Waals surface area contributed by atoms with Crippen LogP contribution in [0.2, 0.25) is 0 Å². The molecule has 0 bridgehead atoms. The van der Waals surface area contributed by atoms with Crippen LogP contribution in [0.15, 0.2) is 17.5 Å².